The molecule has 126 valence electrons. The predicted octanol–water partition coefficient (Wildman–Crippen LogP) is 4.44. The Morgan fingerprint density at radius 3 is 2.65 bits per heavy atom. The third kappa shape index (κ3) is 2.34. The third-order valence-electron chi connectivity index (χ3n) is 4.07. The van der Waals surface area contributed by atoms with Gasteiger partial charge in [-0.3, -0.25) is 0 Å². The summed E-state index contributed by atoms with van der Waals surface area (Å²) in [6.45, 7) is 0. The van der Waals surface area contributed by atoms with Crippen molar-refractivity contribution in [1.29, 1.82) is 0 Å². The van der Waals surface area contributed by atoms with Gasteiger partial charge in [-0.15, -0.1) is 5.10 Å². The van der Waals surface area contributed by atoms with Crippen LogP contribution in [0.25, 0.3) is 33.8 Å². The van der Waals surface area contributed by atoms with Crippen LogP contribution in [0.15, 0.2) is 61.1 Å². The molecule has 0 unspecified atom stereocenters. The lowest BCUT2D eigenvalue weighted by Crippen LogP contribution is -1.98. The van der Waals surface area contributed by atoms with E-state index in [0.717, 1.165) is 16.6 Å². The van der Waals surface area contributed by atoms with Gasteiger partial charge in [0, 0.05) is 10.6 Å². The summed E-state index contributed by atoms with van der Waals surface area (Å²) in [4.78, 5) is 9.13. The minimum Gasteiger partial charge on any atom is -0.216 e. The van der Waals surface area contributed by atoms with E-state index in [1.807, 2.05) is 48.5 Å². The smallest absolute Gasteiger partial charge is 0.183 e. The molecule has 5 aromatic rings. The summed E-state index contributed by atoms with van der Waals surface area (Å²) in [5, 5.41) is 11.0. The number of benzene rings is 2. The highest BCUT2D eigenvalue weighted by molar-refractivity contribution is 6.33. The Kier molecular flexibility index (Phi) is 3.41. The molecule has 0 aliphatic carbocycles. The molecule has 0 amide bonds. The number of halogens is 2. The molecule has 0 radical (unpaired) electrons. The molecule has 8 heteroatoms. The van der Waals surface area contributed by atoms with Crippen molar-refractivity contribution in [2.24, 2.45) is 0 Å². The minimum atomic E-state index is 0.542. The lowest BCUT2D eigenvalue weighted by molar-refractivity contribution is 0.882. The largest absolute Gasteiger partial charge is 0.216 e. The highest BCUT2D eigenvalue weighted by atomic mass is 35.5. The molecule has 0 atom stereocenters. The third-order valence-corrected chi connectivity index (χ3v) is 4.64. The fourth-order valence-electron chi connectivity index (χ4n) is 2.87. The maximum absolute atomic E-state index is 6.27. The van der Waals surface area contributed by atoms with Crippen LogP contribution >= 0.6 is 23.2 Å². The molecule has 0 aliphatic heterocycles. The maximum atomic E-state index is 6.27. The van der Waals surface area contributed by atoms with Crippen LogP contribution in [0.1, 0.15) is 0 Å². The summed E-state index contributed by atoms with van der Waals surface area (Å²) in [5.41, 5.74) is 2.94. The Morgan fingerprint density at radius 1 is 0.923 bits per heavy atom. The van der Waals surface area contributed by atoms with Gasteiger partial charge in [-0.25, -0.2) is 19.2 Å². The van der Waals surface area contributed by atoms with Crippen molar-refractivity contribution in [3.63, 3.8) is 0 Å². The molecule has 3 aromatic heterocycles. The summed E-state index contributed by atoms with van der Waals surface area (Å²) in [5.74, 6) is 0.542. The van der Waals surface area contributed by atoms with Crippen molar-refractivity contribution < 1.29 is 0 Å². The first-order valence-electron chi connectivity index (χ1n) is 7.81. The van der Waals surface area contributed by atoms with Crippen LogP contribution in [0, 0.1) is 0 Å². The fourth-order valence-corrected chi connectivity index (χ4v) is 3.28. The lowest BCUT2D eigenvalue weighted by Gasteiger charge is -2.02. The molecule has 0 saturated heterocycles. The van der Waals surface area contributed by atoms with Gasteiger partial charge in [-0.1, -0.05) is 41.4 Å². The summed E-state index contributed by atoms with van der Waals surface area (Å²) in [7, 11) is 0. The second kappa shape index (κ2) is 5.79. The van der Waals surface area contributed by atoms with Crippen molar-refractivity contribution in [1.82, 2.24) is 29.4 Å². The van der Waals surface area contributed by atoms with Gasteiger partial charge in [0.1, 0.15) is 6.33 Å². The van der Waals surface area contributed by atoms with Crippen LogP contribution in [-0.2, 0) is 0 Å². The molecule has 3 heterocycles. The van der Waals surface area contributed by atoms with Crippen molar-refractivity contribution in [3.05, 3.63) is 71.1 Å². The molecule has 5 rings (SSSR count). The Morgan fingerprint density at radius 2 is 1.81 bits per heavy atom. The number of nitrogens with zero attached hydrogens (tertiary/aromatic N) is 6. The Bertz CT molecular complexity index is 1270. The molecule has 0 N–H and O–H groups in total. The topological polar surface area (TPSA) is 60.9 Å². The Hall–Kier alpha value is -2.96. The quantitative estimate of drug-likeness (QED) is 0.454. The SMILES string of the molecule is Clc1cccc(-n2ncc3c2ncn2nc(-c4ccccc4Cl)nc32)c1. The molecule has 26 heavy (non-hydrogen) atoms. The van der Waals surface area contributed by atoms with E-state index in [2.05, 4.69) is 20.2 Å². The molecular weight excluding hydrogens is 371 g/mol. The van der Waals surface area contributed by atoms with Crippen molar-refractivity contribution >= 4 is 39.9 Å². The van der Waals surface area contributed by atoms with Crippen LogP contribution in [0.4, 0.5) is 0 Å². The van der Waals surface area contributed by atoms with E-state index in [4.69, 9.17) is 23.2 Å². The van der Waals surface area contributed by atoms with Gasteiger partial charge in [0.05, 0.1) is 22.3 Å². The van der Waals surface area contributed by atoms with E-state index in [1.54, 1.807) is 21.7 Å². The summed E-state index contributed by atoms with van der Waals surface area (Å²) in [6.07, 6.45) is 3.34. The lowest BCUT2D eigenvalue weighted by atomic mass is 10.2. The van der Waals surface area contributed by atoms with E-state index in [9.17, 15) is 0 Å². The van der Waals surface area contributed by atoms with Crippen LogP contribution in [0.3, 0.4) is 0 Å². The van der Waals surface area contributed by atoms with E-state index in [1.165, 1.54) is 0 Å². The predicted molar refractivity (Wildman–Crippen MR) is 101 cm³/mol. The monoisotopic (exact) mass is 380 g/mol. The zero-order valence-electron chi connectivity index (χ0n) is 13.2. The zero-order chi connectivity index (χ0) is 17.7. The highest BCUT2D eigenvalue weighted by Gasteiger charge is 2.15. The Labute approximate surface area is 157 Å². The van der Waals surface area contributed by atoms with Gasteiger partial charge in [-0.2, -0.15) is 5.10 Å². The normalized spacial score (nSPS) is 11.5. The van der Waals surface area contributed by atoms with E-state index in [0.29, 0.717) is 27.2 Å². The first-order valence-corrected chi connectivity index (χ1v) is 8.56. The number of rotatable bonds is 2. The summed E-state index contributed by atoms with van der Waals surface area (Å²) >= 11 is 12.4. The van der Waals surface area contributed by atoms with Gasteiger partial charge in [0.2, 0.25) is 0 Å². The molecule has 0 fully saturated rings. The van der Waals surface area contributed by atoms with Crippen LogP contribution in [-0.4, -0.2) is 29.4 Å². The van der Waals surface area contributed by atoms with Gasteiger partial charge in [-0.05, 0) is 30.3 Å². The van der Waals surface area contributed by atoms with E-state index >= 15 is 0 Å². The summed E-state index contributed by atoms with van der Waals surface area (Å²) in [6, 6.07) is 14.9. The van der Waals surface area contributed by atoms with Crippen LogP contribution in [0.5, 0.6) is 0 Å². The summed E-state index contributed by atoms with van der Waals surface area (Å²) < 4.78 is 3.36. The van der Waals surface area contributed by atoms with E-state index in [-0.39, 0.29) is 0 Å². The average molecular weight is 381 g/mol. The van der Waals surface area contributed by atoms with Gasteiger partial charge in [0.15, 0.2) is 17.1 Å². The number of aromatic nitrogens is 6. The minimum absolute atomic E-state index is 0.542. The number of fused-ring (bicyclic) bond motifs is 3. The molecule has 0 spiro atoms. The van der Waals surface area contributed by atoms with Crippen LogP contribution in [0.2, 0.25) is 10.0 Å². The molecule has 0 bridgehead atoms. The zero-order valence-corrected chi connectivity index (χ0v) is 14.7. The maximum Gasteiger partial charge on any atom is 0.183 e. The first-order chi connectivity index (χ1) is 12.7. The second-order valence-electron chi connectivity index (χ2n) is 5.70. The first kappa shape index (κ1) is 15.3. The van der Waals surface area contributed by atoms with Crippen molar-refractivity contribution in [3.8, 4) is 17.1 Å². The average Bonchev–Trinajstić information content (AvgIpc) is 3.25. The van der Waals surface area contributed by atoms with Crippen molar-refractivity contribution in [2.75, 3.05) is 0 Å². The number of hydrogen-bond acceptors (Lipinski definition) is 4. The van der Waals surface area contributed by atoms with Crippen molar-refractivity contribution in [2.45, 2.75) is 0 Å². The standard InChI is InChI=1S/C18H10Cl2N6/c19-11-4-3-5-12(8-11)26-17-14(9-22-26)18-23-16(24-25(18)10-21-17)13-6-1-2-7-15(13)20/h1-10H. The van der Waals surface area contributed by atoms with Gasteiger partial charge in [0.25, 0.3) is 0 Å². The van der Waals surface area contributed by atoms with E-state index < -0.39 is 0 Å². The van der Waals surface area contributed by atoms with Gasteiger partial charge >= 0.3 is 0 Å². The molecule has 6 nitrogen and oxygen atoms in total. The number of hydrogen-bond donors (Lipinski definition) is 0. The fraction of sp³-hybridized carbons (Fsp3) is 0. The Balaban J connectivity index is 1.73. The molecule has 0 saturated carbocycles. The second-order valence-corrected chi connectivity index (χ2v) is 6.55. The van der Waals surface area contributed by atoms with Crippen LogP contribution < -0.4 is 0 Å². The molecule has 0 aliphatic rings. The molecular formula is C18H10Cl2N6. The highest BCUT2D eigenvalue weighted by Crippen LogP contribution is 2.27. The van der Waals surface area contributed by atoms with Gasteiger partial charge < -0.3 is 0 Å². The molecule has 2 aromatic carbocycles.